The summed E-state index contributed by atoms with van der Waals surface area (Å²) in [5.74, 6) is -0.278. The molecule has 2 aromatic rings. The van der Waals surface area contributed by atoms with Crippen LogP contribution in [0.5, 0.6) is 0 Å². The molecule has 31 heavy (non-hydrogen) atoms. The summed E-state index contributed by atoms with van der Waals surface area (Å²) >= 11 is 0. The van der Waals surface area contributed by atoms with E-state index in [2.05, 4.69) is 22.9 Å². The molecular formula is C25H33N3O3. The molecule has 0 aliphatic carbocycles. The molecule has 0 saturated carbocycles. The minimum Gasteiger partial charge on any atom is -0.465 e. The summed E-state index contributed by atoms with van der Waals surface area (Å²) in [5.41, 5.74) is 3.42. The second-order valence-corrected chi connectivity index (χ2v) is 7.96. The third-order valence-corrected chi connectivity index (χ3v) is 6.05. The number of ether oxygens (including phenoxy) is 1. The van der Waals surface area contributed by atoms with Gasteiger partial charge in [-0.25, -0.2) is 4.79 Å². The average molecular weight is 424 g/mol. The molecule has 1 unspecified atom stereocenters. The normalized spacial score (nSPS) is 16.0. The molecule has 0 spiro atoms. The molecule has 1 saturated heterocycles. The van der Waals surface area contributed by atoms with Gasteiger partial charge in [0.05, 0.1) is 18.7 Å². The van der Waals surface area contributed by atoms with Crippen molar-refractivity contribution in [2.24, 2.45) is 0 Å². The Hall–Kier alpha value is -2.70. The first-order valence-electron chi connectivity index (χ1n) is 11.0. The van der Waals surface area contributed by atoms with Gasteiger partial charge in [0.2, 0.25) is 0 Å². The van der Waals surface area contributed by atoms with E-state index in [0.717, 1.165) is 37.3 Å². The molecule has 6 heteroatoms. The number of nitrogens with zero attached hydrogens (tertiary/aromatic N) is 3. The Morgan fingerprint density at radius 2 is 1.58 bits per heavy atom. The predicted octanol–water partition coefficient (Wildman–Crippen LogP) is 3.29. The highest BCUT2D eigenvalue weighted by Crippen LogP contribution is 2.30. The fraction of sp³-hybridized carbons (Fsp3) is 0.440. The lowest BCUT2D eigenvalue weighted by Gasteiger charge is -2.38. The highest BCUT2D eigenvalue weighted by Gasteiger charge is 2.26. The summed E-state index contributed by atoms with van der Waals surface area (Å²) in [5, 5.41) is 0. The monoisotopic (exact) mass is 423 g/mol. The standard InChI is InChI=1S/C25H33N3O3/c1-5-27(6-2)24(29)20-12-10-19(11-13-20)23(28-16-14-26(3)15-17-28)21-8-7-9-22(18-21)25(30)31-4/h7-13,18,23H,5-6,14-17H2,1-4H3. The number of carbonyl (C=O) groups excluding carboxylic acids is 2. The van der Waals surface area contributed by atoms with E-state index in [9.17, 15) is 9.59 Å². The van der Waals surface area contributed by atoms with Gasteiger partial charge >= 0.3 is 5.97 Å². The molecule has 1 atom stereocenters. The number of hydrogen-bond donors (Lipinski definition) is 0. The SMILES string of the molecule is CCN(CC)C(=O)c1ccc(C(c2cccc(C(=O)OC)c2)N2CCN(C)CC2)cc1. The first kappa shape index (κ1) is 23.0. The number of benzene rings is 2. The van der Waals surface area contributed by atoms with Gasteiger partial charge in [-0.05, 0) is 56.3 Å². The van der Waals surface area contributed by atoms with Crippen LogP contribution in [0.25, 0.3) is 0 Å². The Morgan fingerprint density at radius 3 is 2.16 bits per heavy atom. The van der Waals surface area contributed by atoms with E-state index in [1.54, 1.807) is 6.07 Å². The van der Waals surface area contributed by atoms with Crippen molar-refractivity contribution in [3.8, 4) is 0 Å². The molecule has 3 rings (SSSR count). The molecule has 0 N–H and O–H groups in total. The molecule has 1 amide bonds. The van der Waals surface area contributed by atoms with Crippen LogP contribution in [-0.2, 0) is 4.74 Å². The second-order valence-electron chi connectivity index (χ2n) is 7.96. The van der Waals surface area contributed by atoms with Gasteiger partial charge < -0.3 is 14.5 Å². The number of likely N-dealkylation sites (N-methyl/N-ethyl adjacent to an activating group) is 1. The maximum absolute atomic E-state index is 12.7. The summed E-state index contributed by atoms with van der Waals surface area (Å²) < 4.78 is 4.92. The van der Waals surface area contributed by atoms with Crippen LogP contribution < -0.4 is 0 Å². The van der Waals surface area contributed by atoms with Crippen molar-refractivity contribution >= 4 is 11.9 Å². The lowest BCUT2D eigenvalue weighted by Crippen LogP contribution is -2.46. The number of amides is 1. The zero-order chi connectivity index (χ0) is 22.4. The van der Waals surface area contributed by atoms with Crippen LogP contribution >= 0.6 is 0 Å². The average Bonchev–Trinajstić information content (AvgIpc) is 2.81. The molecule has 1 heterocycles. The number of rotatable bonds is 7. The summed E-state index contributed by atoms with van der Waals surface area (Å²) in [6.07, 6.45) is 0. The van der Waals surface area contributed by atoms with Crippen molar-refractivity contribution in [1.29, 1.82) is 0 Å². The summed E-state index contributed by atoms with van der Waals surface area (Å²) in [7, 11) is 3.54. The van der Waals surface area contributed by atoms with E-state index in [4.69, 9.17) is 4.74 Å². The molecule has 0 bridgehead atoms. The lowest BCUT2D eigenvalue weighted by molar-refractivity contribution is 0.0600. The smallest absolute Gasteiger partial charge is 0.337 e. The maximum Gasteiger partial charge on any atom is 0.337 e. The van der Waals surface area contributed by atoms with E-state index >= 15 is 0 Å². The number of hydrogen-bond acceptors (Lipinski definition) is 5. The number of piperazine rings is 1. The lowest BCUT2D eigenvalue weighted by atomic mass is 9.94. The summed E-state index contributed by atoms with van der Waals surface area (Å²) in [6, 6.07) is 15.6. The van der Waals surface area contributed by atoms with Crippen LogP contribution in [0, 0.1) is 0 Å². The van der Waals surface area contributed by atoms with Crippen LogP contribution in [-0.4, -0.2) is 80.0 Å². The Morgan fingerprint density at radius 1 is 0.935 bits per heavy atom. The van der Waals surface area contributed by atoms with Crippen LogP contribution in [0.4, 0.5) is 0 Å². The maximum atomic E-state index is 12.7. The molecule has 6 nitrogen and oxygen atoms in total. The zero-order valence-electron chi connectivity index (χ0n) is 19.0. The van der Waals surface area contributed by atoms with E-state index in [-0.39, 0.29) is 17.9 Å². The minimum absolute atomic E-state index is 0.0101. The highest BCUT2D eigenvalue weighted by atomic mass is 16.5. The summed E-state index contributed by atoms with van der Waals surface area (Å²) in [6.45, 7) is 9.23. The van der Waals surface area contributed by atoms with Gasteiger partial charge in [0.25, 0.3) is 5.91 Å². The molecule has 0 radical (unpaired) electrons. The fourth-order valence-electron chi connectivity index (χ4n) is 4.15. The van der Waals surface area contributed by atoms with Gasteiger partial charge in [-0.1, -0.05) is 24.3 Å². The van der Waals surface area contributed by atoms with Crippen molar-refractivity contribution in [3.63, 3.8) is 0 Å². The second kappa shape index (κ2) is 10.6. The number of methoxy groups -OCH3 is 1. The van der Waals surface area contributed by atoms with Crippen molar-refractivity contribution in [3.05, 3.63) is 70.8 Å². The predicted molar refractivity (Wildman–Crippen MR) is 122 cm³/mol. The first-order chi connectivity index (χ1) is 15.0. The Labute approximate surface area is 185 Å². The van der Waals surface area contributed by atoms with Crippen molar-refractivity contribution in [2.75, 3.05) is 53.4 Å². The van der Waals surface area contributed by atoms with Gasteiger partial charge in [0.15, 0.2) is 0 Å². The minimum atomic E-state index is -0.334. The van der Waals surface area contributed by atoms with E-state index < -0.39 is 0 Å². The largest absolute Gasteiger partial charge is 0.465 e. The zero-order valence-corrected chi connectivity index (χ0v) is 19.0. The summed E-state index contributed by atoms with van der Waals surface area (Å²) in [4.78, 5) is 31.4. The van der Waals surface area contributed by atoms with Gasteiger partial charge in [0.1, 0.15) is 0 Å². The first-order valence-corrected chi connectivity index (χ1v) is 11.0. The van der Waals surface area contributed by atoms with Crippen LogP contribution in [0.3, 0.4) is 0 Å². The molecule has 0 aromatic heterocycles. The highest BCUT2D eigenvalue weighted by molar-refractivity contribution is 5.94. The Bertz CT molecular complexity index is 885. The molecule has 1 aliphatic heterocycles. The van der Waals surface area contributed by atoms with Gasteiger partial charge in [-0.15, -0.1) is 0 Å². The van der Waals surface area contributed by atoms with Crippen LogP contribution in [0.1, 0.15) is 51.7 Å². The molecule has 2 aromatic carbocycles. The molecule has 166 valence electrons. The van der Waals surface area contributed by atoms with Crippen molar-refractivity contribution in [1.82, 2.24) is 14.7 Å². The van der Waals surface area contributed by atoms with E-state index in [1.165, 1.54) is 7.11 Å². The fourth-order valence-corrected chi connectivity index (χ4v) is 4.15. The van der Waals surface area contributed by atoms with Crippen molar-refractivity contribution < 1.29 is 14.3 Å². The van der Waals surface area contributed by atoms with Crippen LogP contribution in [0.2, 0.25) is 0 Å². The van der Waals surface area contributed by atoms with E-state index in [0.29, 0.717) is 24.2 Å². The quantitative estimate of drug-likeness (QED) is 0.640. The third-order valence-electron chi connectivity index (χ3n) is 6.05. The topological polar surface area (TPSA) is 53.1 Å². The molecular weight excluding hydrogens is 390 g/mol. The number of esters is 1. The van der Waals surface area contributed by atoms with Crippen LogP contribution in [0.15, 0.2) is 48.5 Å². The molecule has 1 aliphatic rings. The van der Waals surface area contributed by atoms with Gasteiger partial charge in [-0.3, -0.25) is 9.69 Å². The number of carbonyl (C=O) groups is 2. The Balaban J connectivity index is 1.95. The van der Waals surface area contributed by atoms with Gasteiger partial charge in [0, 0.05) is 44.8 Å². The Kier molecular flexibility index (Phi) is 7.82. The van der Waals surface area contributed by atoms with Gasteiger partial charge in [-0.2, -0.15) is 0 Å². The third kappa shape index (κ3) is 5.32. The van der Waals surface area contributed by atoms with Crippen molar-refractivity contribution in [2.45, 2.75) is 19.9 Å². The van der Waals surface area contributed by atoms with E-state index in [1.807, 2.05) is 55.1 Å². The molecule has 1 fully saturated rings.